The van der Waals surface area contributed by atoms with E-state index in [0.29, 0.717) is 0 Å². The smallest absolute Gasteiger partial charge is 0.131 e. The Bertz CT molecular complexity index is 329. The maximum atomic E-state index is 4.58. The van der Waals surface area contributed by atoms with Gasteiger partial charge in [-0.25, -0.2) is 4.99 Å². The molecule has 0 saturated carbocycles. The van der Waals surface area contributed by atoms with Crippen molar-refractivity contribution in [3.63, 3.8) is 0 Å². The average molecular weight is 232 g/mol. The maximum Gasteiger partial charge on any atom is 0.131 e. The molecule has 0 unspecified atom stereocenters. The van der Waals surface area contributed by atoms with Crippen LogP contribution < -0.4 is 0 Å². The normalized spacial score (nSPS) is 17.8. The number of aliphatic imine (C=N–C) groups is 1. The molecule has 0 aromatic rings. The van der Waals surface area contributed by atoms with E-state index in [4.69, 9.17) is 0 Å². The van der Waals surface area contributed by atoms with E-state index in [1.807, 2.05) is 13.1 Å². The number of hydrogen-bond donors (Lipinski definition) is 0. The van der Waals surface area contributed by atoms with Crippen LogP contribution in [0.4, 0.5) is 0 Å². The van der Waals surface area contributed by atoms with Crippen LogP contribution in [0.2, 0.25) is 0 Å². The first kappa shape index (κ1) is 13.8. The van der Waals surface area contributed by atoms with E-state index in [0.717, 1.165) is 38.2 Å². The highest BCUT2D eigenvalue weighted by molar-refractivity contribution is 5.56. The fourth-order valence-corrected chi connectivity index (χ4v) is 2.03. The Morgan fingerprint density at radius 1 is 1.29 bits per heavy atom. The second kappa shape index (κ2) is 7.88. The van der Waals surface area contributed by atoms with E-state index in [2.05, 4.69) is 48.0 Å². The molecule has 0 fully saturated rings. The average Bonchev–Trinajstić information content (AvgIpc) is 2.37. The zero-order valence-electron chi connectivity index (χ0n) is 11.3. The van der Waals surface area contributed by atoms with Crippen LogP contribution in [0.5, 0.6) is 0 Å². The van der Waals surface area contributed by atoms with Crippen molar-refractivity contribution in [2.45, 2.75) is 40.0 Å². The molecule has 0 spiro atoms. The molecule has 0 bridgehead atoms. The Morgan fingerprint density at radius 3 is 2.47 bits per heavy atom. The van der Waals surface area contributed by atoms with Gasteiger partial charge < -0.3 is 4.90 Å². The molecule has 1 rings (SSSR count). The lowest BCUT2D eigenvalue weighted by atomic mass is 10.1. The van der Waals surface area contributed by atoms with Crippen LogP contribution >= 0.6 is 0 Å². The Morgan fingerprint density at radius 2 is 2.00 bits per heavy atom. The largest absolute Gasteiger partial charge is 0.356 e. The summed E-state index contributed by atoms with van der Waals surface area (Å²) in [7, 11) is 0. The van der Waals surface area contributed by atoms with E-state index in [1.165, 1.54) is 5.57 Å². The number of allylic oxidation sites excluding steroid dienone is 5. The molecule has 0 aromatic heterocycles. The van der Waals surface area contributed by atoms with Gasteiger partial charge in [0.1, 0.15) is 5.82 Å². The summed E-state index contributed by atoms with van der Waals surface area (Å²) in [6, 6.07) is 0. The number of nitrogens with zero attached hydrogens (tertiary/aromatic N) is 2. The van der Waals surface area contributed by atoms with Crippen molar-refractivity contribution < 1.29 is 0 Å². The van der Waals surface area contributed by atoms with Crippen molar-refractivity contribution in [1.29, 1.82) is 0 Å². The summed E-state index contributed by atoms with van der Waals surface area (Å²) in [6.07, 6.45) is 13.8. The monoisotopic (exact) mass is 232 g/mol. The van der Waals surface area contributed by atoms with Gasteiger partial charge in [-0.15, -0.1) is 0 Å². The van der Waals surface area contributed by atoms with Gasteiger partial charge in [0.25, 0.3) is 0 Å². The zero-order chi connectivity index (χ0) is 12.5. The summed E-state index contributed by atoms with van der Waals surface area (Å²) < 4.78 is 0. The van der Waals surface area contributed by atoms with Crippen molar-refractivity contribution in [3.05, 3.63) is 35.7 Å². The third-order valence-electron chi connectivity index (χ3n) is 2.71. The second-order valence-electron chi connectivity index (χ2n) is 4.21. The molecular weight excluding hydrogens is 208 g/mol. The third kappa shape index (κ3) is 4.22. The van der Waals surface area contributed by atoms with Gasteiger partial charge in [0.05, 0.1) is 0 Å². The summed E-state index contributed by atoms with van der Waals surface area (Å²) in [5, 5.41) is 0. The van der Waals surface area contributed by atoms with E-state index < -0.39 is 0 Å². The fraction of sp³-hybridized carbons (Fsp3) is 0.533. The van der Waals surface area contributed by atoms with Gasteiger partial charge in [-0.2, -0.15) is 0 Å². The predicted octanol–water partition coefficient (Wildman–Crippen LogP) is 3.93. The first-order valence-electron chi connectivity index (χ1n) is 6.63. The van der Waals surface area contributed by atoms with Gasteiger partial charge in [-0.3, -0.25) is 0 Å². The molecule has 2 heteroatoms. The van der Waals surface area contributed by atoms with Gasteiger partial charge in [0.15, 0.2) is 0 Å². The third-order valence-corrected chi connectivity index (χ3v) is 2.71. The highest BCUT2D eigenvalue weighted by Gasteiger charge is 2.11. The predicted molar refractivity (Wildman–Crippen MR) is 76.2 cm³/mol. The van der Waals surface area contributed by atoms with Gasteiger partial charge >= 0.3 is 0 Å². The standard InChI is InChI=1S/C15H24N2/c1-4-12-17(13-5-2)15(16-6-3)14-10-8-7-9-11-14/h6-10H,4-5,11-13H2,1-3H3/b15-14+,16-6-. The lowest BCUT2D eigenvalue weighted by Crippen LogP contribution is -2.25. The Hall–Kier alpha value is -1.31. The summed E-state index contributed by atoms with van der Waals surface area (Å²) in [5.74, 6) is 1.15. The van der Waals surface area contributed by atoms with E-state index in [-0.39, 0.29) is 0 Å². The van der Waals surface area contributed by atoms with E-state index >= 15 is 0 Å². The van der Waals surface area contributed by atoms with E-state index in [1.54, 1.807) is 0 Å². The molecule has 0 N–H and O–H groups in total. The number of rotatable bonds is 6. The van der Waals surface area contributed by atoms with Crippen LogP contribution in [0.1, 0.15) is 40.0 Å². The summed E-state index contributed by atoms with van der Waals surface area (Å²) in [5.41, 5.74) is 1.33. The summed E-state index contributed by atoms with van der Waals surface area (Å²) >= 11 is 0. The first-order chi connectivity index (χ1) is 8.33. The SMILES string of the molecule is C/C=N\C(=C1\C=CC=CC1)N(CCC)CCC. The quantitative estimate of drug-likeness (QED) is 0.634. The minimum Gasteiger partial charge on any atom is -0.356 e. The zero-order valence-corrected chi connectivity index (χ0v) is 11.3. The topological polar surface area (TPSA) is 15.6 Å². The maximum absolute atomic E-state index is 4.58. The van der Waals surface area contributed by atoms with Crippen LogP contribution in [-0.2, 0) is 0 Å². The van der Waals surface area contributed by atoms with Gasteiger partial charge in [0, 0.05) is 19.3 Å². The minimum absolute atomic E-state index is 0.993. The van der Waals surface area contributed by atoms with Crippen LogP contribution in [0.25, 0.3) is 0 Å². The van der Waals surface area contributed by atoms with Crippen LogP contribution in [0.3, 0.4) is 0 Å². The molecule has 17 heavy (non-hydrogen) atoms. The van der Waals surface area contributed by atoms with Crippen molar-refractivity contribution >= 4 is 6.21 Å². The van der Waals surface area contributed by atoms with Crippen LogP contribution in [0, 0.1) is 0 Å². The molecule has 1 aliphatic carbocycles. The Balaban J connectivity index is 2.96. The molecule has 94 valence electrons. The van der Waals surface area contributed by atoms with E-state index in [9.17, 15) is 0 Å². The molecule has 1 aliphatic rings. The van der Waals surface area contributed by atoms with Crippen LogP contribution in [0.15, 0.2) is 40.7 Å². The Kier molecular flexibility index (Phi) is 6.38. The van der Waals surface area contributed by atoms with Crippen LogP contribution in [-0.4, -0.2) is 24.2 Å². The van der Waals surface area contributed by atoms with Gasteiger partial charge in [-0.05, 0) is 31.8 Å². The van der Waals surface area contributed by atoms with Crippen molar-refractivity contribution in [2.24, 2.45) is 4.99 Å². The molecule has 0 heterocycles. The Labute approximate surface area is 105 Å². The second-order valence-corrected chi connectivity index (χ2v) is 4.21. The molecular formula is C15H24N2. The highest BCUT2D eigenvalue weighted by Crippen LogP contribution is 2.20. The molecule has 0 aromatic carbocycles. The lowest BCUT2D eigenvalue weighted by Gasteiger charge is -2.26. The first-order valence-corrected chi connectivity index (χ1v) is 6.63. The van der Waals surface area contributed by atoms with Crippen molar-refractivity contribution in [1.82, 2.24) is 4.90 Å². The van der Waals surface area contributed by atoms with Crippen molar-refractivity contribution in [2.75, 3.05) is 13.1 Å². The van der Waals surface area contributed by atoms with Crippen molar-refractivity contribution in [3.8, 4) is 0 Å². The summed E-state index contributed by atoms with van der Waals surface area (Å²) in [4.78, 5) is 6.98. The minimum atomic E-state index is 0.993. The lowest BCUT2D eigenvalue weighted by molar-refractivity contribution is 0.338. The molecule has 2 nitrogen and oxygen atoms in total. The summed E-state index contributed by atoms with van der Waals surface area (Å²) in [6.45, 7) is 8.59. The molecule has 0 amide bonds. The van der Waals surface area contributed by atoms with Gasteiger partial charge in [-0.1, -0.05) is 38.2 Å². The molecule has 0 radical (unpaired) electrons. The fourth-order valence-electron chi connectivity index (χ4n) is 2.03. The molecule has 0 saturated heterocycles. The molecule has 0 aliphatic heterocycles. The highest BCUT2D eigenvalue weighted by atomic mass is 15.2. The van der Waals surface area contributed by atoms with Gasteiger partial charge in [0.2, 0.25) is 0 Å². The number of hydrogen-bond acceptors (Lipinski definition) is 2. The molecule has 0 atom stereocenters.